The lowest BCUT2D eigenvalue weighted by atomic mass is 10.00. The number of nitriles is 1. The van der Waals surface area contributed by atoms with Crippen molar-refractivity contribution in [3.8, 4) is 17.4 Å². The van der Waals surface area contributed by atoms with Gasteiger partial charge in [-0.15, -0.1) is 0 Å². The number of ether oxygens (including phenoxy) is 1. The van der Waals surface area contributed by atoms with Gasteiger partial charge in [-0.3, -0.25) is 4.79 Å². The maximum Gasteiger partial charge on any atom is 0.262 e. The van der Waals surface area contributed by atoms with E-state index >= 15 is 0 Å². The molecule has 4 N–H and O–H groups in total. The Bertz CT molecular complexity index is 1320. The maximum absolute atomic E-state index is 12.5. The first-order valence-corrected chi connectivity index (χ1v) is 12.3. The molecule has 1 aliphatic rings. The van der Waals surface area contributed by atoms with Crippen molar-refractivity contribution in [3.05, 3.63) is 59.9 Å². The van der Waals surface area contributed by atoms with Gasteiger partial charge >= 0.3 is 0 Å². The van der Waals surface area contributed by atoms with E-state index in [1.54, 1.807) is 12.1 Å². The molecule has 0 saturated carbocycles. The largest absolute Gasteiger partial charge is 0.457 e. The Balaban J connectivity index is 1.45. The molecule has 1 fully saturated rings. The minimum absolute atomic E-state index is 0.140. The number of amides is 1. The number of anilines is 1. The fraction of sp³-hybridized carbons (Fsp3) is 0.357. The van der Waals surface area contributed by atoms with Crippen LogP contribution in [0.2, 0.25) is 0 Å². The molecule has 0 bridgehead atoms. The molecule has 4 rings (SSSR count). The van der Waals surface area contributed by atoms with E-state index in [9.17, 15) is 25.4 Å². The van der Waals surface area contributed by atoms with E-state index in [0.717, 1.165) is 29.4 Å². The van der Waals surface area contributed by atoms with Crippen LogP contribution >= 0.6 is 0 Å². The highest BCUT2D eigenvalue weighted by Crippen LogP contribution is 2.29. The summed E-state index contributed by atoms with van der Waals surface area (Å²) in [7, 11) is 0. The molecule has 1 saturated heterocycles. The standard InChI is InChI=1S/C28H31N3O6/c1-3-31(4-2)21-8-7-17-11-19(6-5-18(17)12-21)24-10-9-22(37-24)13-20(14-29)28(35)30-15-25-27(34)26(33)23(32)16-36-25/h5-13,23,25-27,32-34H,3-4,15-16H2,1-2H3,(H,30,35)/b20-13+/t23-,25+,26+,27+/m0/s1. The van der Waals surface area contributed by atoms with Crippen molar-refractivity contribution in [1.29, 1.82) is 5.26 Å². The summed E-state index contributed by atoms with van der Waals surface area (Å²) in [6.45, 7) is 5.84. The second-order valence-electron chi connectivity index (χ2n) is 8.92. The number of nitrogens with one attached hydrogen (secondary N) is 1. The van der Waals surface area contributed by atoms with Crippen LogP contribution in [0, 0.1) is 11.3 Å². The highest BCUT2D eigenvalue weighted by atomic mass is 16.5. The van der Waals surface area contributed by atoms with Gasteiger partial charge in [0, 0.05) is 37.0 Å². The van der Waals surface area contributed by atoms with E-state index in [-0.39, 0.29) is 18.7 Å². The predicted octanol–water partition coefficient (Wildman–Crippen LogP) is 2.45. The molecular weight excluding hydrogens is 474 g/mol. The molecule has 0 radical (unpaired) electrons. The lowest BCUT2D eigenvalue weighted by Crippen LogP contribution is -2.56. The van der Waals surface area contributed by atoms with Crippen molar-refractivity contribution in [2.75, 3.05) is 31.1 Å². The predicted molar refractivity (Wildman–Crippen MR) is 140 cm³/mol. The van der Waals surface area contributed by atoms with E-state index in [1.165, 1.54) is 11.8 Å². The number of carbonyl (C=O) groups is 1. The van der Waals surface area contributed by atoms with E-state index < -0.39 is 30.3 Å². The van der Waals surface area contributed by atoms with Crippen molar-refractivity contribution in [1.82, 2.24) is 5.32 Å². The third-order valence-electron chi connectivity index (χ3n) is 6.59. The number of rotatable bonds is 8. The number of furan rings is 1. The molecule has 0 unspecified atom stereocenters. The molecule has 9 nitrogen and oxygen atoms in total. The van der Waals surface area contributed by atoms with Gasteiger partial charge in [-0.1, -0.05) is 18.2 Å². The van der Waals surface area contributed by atoms with Crippen LogP contribution in [0.5, 0.6) is 0 Å². The molecule has 4 atom stereocenters. The second kappa shape index (κ2) is 11.6. The number of carbonyl (C=O) groups excluding carboxylic acids is 1. The van der Waals surface area contributed by atoms with Crippen molar-refractivity contribution in [2.24, 2.45) is 0 Å². The van der Waals surface area contributed by atoms with Gasteiger partial charge in [0.1, 0.15) is 47.6 Å². The lowest BCUT2D eigenvalue weighted by Gasteiger charge is -2.35. The molecule has 1 amide bonds. The number of aliphatic hydroxyl groups excluding tert-OH is 3. The molecule has 1 aromatic heterocycles. The minimum atomic E-state index is -1.37. The Morgan fingerprint density at radius 2 is 1.81 bits per heavy atom. The topological polar surface area (TPSA) is 139 Å². The number of benzene rings is 2. The van der Waals surface area contributed by atoms with E-state index in [0.29, 0.717) is 11.5 Å². The molecular formula is C28H31N3O6. The zero-order valence-electron chi connectivity index (χ0n) is 20.8. The van der Waals surface area contributed by atoms with Crippen LogP contribution in [0.25, 0.3) is 28.2 Å². The summed E-state index contributed by atoms with van der Waals surface area (Å²) in [6.07, 6.45) is -3.50. The summed E-state index contributed by atoms with van der Waals surface area (Å²) in [6, 6.07) is 17.7. The van der Waals surface area contributed by atoms with Gasteiger partial charge < -0.3 is 34.7 Å². The van der Waals surface area contributed by atoms with Gasteiger partial charge in [-0.05, 0) is 55.0 Å². The fourth-order valence-corrected chi connectivity index (χ4v) is 4.38. The Kier molecular flexibility index (Phi) is 8.26. The smallest absolute Gasteiger partial charge is 0.262 e. The fourth-order valence-electron chi connectivity index (χ4n) is 4.38. The highest BCUT2D eigenvalue weighted by Gasteiger charge is 2.37. The zero-order valence-corrected chi connectivity index (χ0v) is 20.8. The van der Waals surface area contributed by atoms with Crippen molar-refractivity contribution in [3.63, 3.8) is 0 Å². The molecule has 3 aromatic rings. The SMILES string of the molecule is CCN(CC)c1ccc2cc(-c3ccc(/C=C(\C#N)C(=O)NC[C@H]4OC[C@H](O)[C@@H](O)[C@@H]4O)o3)ccc2c1. The van der Waals surface area contributed by atoms with Crippen LogP contribution < -0.4 is 10.2 Å². The first-order chi connectivity index (χ1) is 17.8. The van der Waals surface area contributed by atoms with Gasteiger partial charge in [0.05, 0.1) is 6.61 Å². The number of fused-ring (bicyclic) bond motifs is 1. The monoisotopic (exact) mass is 505 g/mol. The highest BCUT2D eigenvalue weighted by molar-refractivity contribution is 6.01. The molecule has 2 heterocycles. The summed E-state index contributed by atoms with van der Waals surface area (Å²) in [5.74, 6) is 0.266. The maximum atomic E-state index is 12.5. The average Bonchev–Trinajstić information content (AvgIpc) is 3.39. The average molecular weight is 506 g/mol. The molecule has 194 valence electrons. The molecule has 2 aromatic carbocycles. The first-order valence-electron chi connectivity index (χ1n) is 12.3. The Labute approximate surface area is 215 Å². The van der Waals surface area contributed by atoms with Gasteiger partial charge in [-0.2, -0.15) is 5.26 Å². The first kappa shape index (κ1) is 26.4. The molecule has 37 heavy (non-hydrogen) atoms. The molecule has 1 aliphatic heterocycles. The van der Waals surface area contributed by atoms with Crippen molar-refractivity contribution >= 4 is 28.4 Å². The molecule has 0 spiro atoms. The summed E-state index contributed by atoms with van der Waals surface area (Å²) >= 11 is 0. The van der Waals surface area contributed by atoms with Gasteiger partial charge in [0.25, 0.3) is 5.91 Å². The van der Waals surface area contributed by atoms with Crippen molar-refractivity contribution in [2.45, 2.75) is 38.3 Å². The molecule has 9 heteroatoms. The van der Waals surface area contributed by atoms with Crippen molar-refractivity contribution < 1.29 is 29.3 Å². The van der Waals surface area contributed by atoms with Crippen LogP contribution in [-0.2, 0) is 9.53 Å². The third-order valence-corrected chi connectivity index (χ3v) is 6.59. The molecule has 0 aliphatic carbocycles. The van der Waals surface area contributed by atoms with Crippen LogP contribution in [-0.4, -0.2) is 71.9 Å². The quantitative estimate of drug-likeness (QED) is 0.270. The van der Waals surface area contributed by atoms with Crippen LogP contribution in [0.4, 0.5) is 5.69 Å². The summed E-state index contributed by atoms with van der Waals surface area (Å²) in [5.41, 5.74) is 1.86. The van der Waals surface area contributed by atoms with Gasteiger partial charge in [0.15, 0.2) is 0 Å². The third kappa shape index (κ3) is 5.84. The Hall–Kier alpha value is -3.68. The summed E-state index contributed by atoms with van der Waals surface area (Å²) in [5, 5.41) is 43.5. The Morgan fingerprint density at radius 3 is 2.54 bits per heavy atom. The summed E-state index contributed by atoms with van der Waals surface area (Å²) < 4.78 is 11.2. The lowest BCUT2D eigenvalue weighted by molar-refractivity contribution is -0.185. The zero-order chi connectivity index (χ0) is 26.5. The van der Waals surface area contributed by atoms with Gasteiger partial charge in [-0.25, -0.2) is 0 Å². The normalized spacial score (nSPS) is 22.0. The number of hydrogen-bond donors (Lipinski definition) is 4. The van der Waals surface area contributed by atoms with E-state index in [2.05, 4.69) is 42.3 Å². The van der Waals surface area contributed by atoms with Gasteiger partial charge in [0.2, 0.25) is 0 Å². The number of aliphatic hydroxyl groups is 3. The van der Waals surface area contributed by atoms with Crippen LogP contribution in [0.3, 0.4) is 0 Å². The summed E-state index contributed by atoms with van der Waals surface area (Å²) in [4.78, 5) is 14.8. The van der Waals surface area contributed by atoms with E-state index in [1.807, 2.05) is 24.3 Å². The second-order valence-corrected chi connectivity index (χ2v) is 8.92. The Morgan fingerprint density at radius 1 is 1.08 bits per heavy atom. The van der Waals surface area contributed by atoms with Crippen LogP contribution in [0.1, 0.15) is 19.6 Å². The van der Waals surface area contributed by atoms with E-state index in [4.69, 9.17) is 9.15 Å². The number of hydrogen-bond acceptors (Lipinski definition) is 8. The van der Waals surface area contributed by atoms with Crippen LogP contribution in [0.15, 0.2) is 58.5 Å². The minimum Gasteiger partial charge on any atom is -0.457 e. The number of nitrogens with zero attached hydrogens (tertiary/aromatic N) is 2.